The summed E-state index contributed by atoms with van der Waals surface area (Å²) in [5.74, 6) is -0.494. The molecule has 0 aliphatic carbocycles. The Bertz CT molecular complexity index is 734. The minimum Gasteiger partial charge on any atom is -0.381 e. The Kier molecular flexibility index (Phi) is 3.37. The van der Waals surface area contributed by atoms with Crippen LogP contribution in [0.25, 0.3) is 10.9 Å². The van der Waals surface area contributed by atoms with Crippen LogP contribution in [-0.2, 0) is 6.54 Å². The summed E-state index contributed by atoms with van der Waals surface area (Å²) in [6, 6.07) is 13.2. The Balaban J connectivity index is 1.70. The van der Waals surface area contributed by atoms with Crippen molar-refractivity contribution < 1.29 is 8.78 Å². The summed E-state index contributed by atoms with van der Waals surface area (Å²) in [4.78, 5) is 0. The van der Waals surface area contributed by atoms with Crippen molar-refractivity contribution in [2.75, 3.05) is 11.9 Å². The van der Waals surface area contributed by atoms with Crippen LogP contribution in [0, 0.1) is 11.6 Å². The highest BCUT2D eigenvalue weighted by molar-refractivity contribution is 5.80. The van der Waals surface area contributed by atoms with Crippen LogP contribution in [0.2, 0.25) is 0 Å². The first-order chi connectivity index (χ1) is 9.74. The summed E-state index contributed by atoms with van der Waals surface area (Å²) in [6.07, 6.45) is 1.91. The van der Waals surface area contributed by atoms with Crippen LogP contribution in [0.15, 0.2) is 54.7 Å². The topological polar surface area (TPSA) is 17.0 Å². The standard InChI is InChI=1S/C16H14F2N2/c17-13-5-6-16-12(11-13)7-9-20(16)10-8-19-15-4-2-1-3-14(15)18/h1-7,9,11,19H,8,10H2. The molecule has 102 valence electrons. The van der Waals surface area contributed by atoms with Gasteiger partial charge in [0.15, 0.2) is 0 Å². The normalized spacial score (nSPS) is 10.9. The SMILES string of the molecule is Fc1ccc2c(ccn2CCNc2ccccc2F)c1. The van der Waals surface area contributed by atoms with Crippen molar-refractivity contribution >= 4 is 16.6 Å². The van der Waals surface area contributed by atoms with Gasteiger partial charge in [-0.1, -0.05) is 12.1 Å². The van der Waals surface area contributed by atoms with Crippen LogP contribution in [-0.4, -0.2) is 11.1 Å². The maximum absolute atomic E-state index is 13.4. The molecule has 2 aromatic carbocycles. The Hall–Kier alpha value is -2.36. The fraction of sp³-hybridized carbons (Fsp3) is 0.125. The van der Waals surface area contributed by atoms with E-state index in [-0.39, 0.29) is 11.6 Å². The molecule has 20 heavy (non-hydrogen) atoms. The lowest BCUT2D eigenvalue weighted by molar-refractivity contribution is 0.627. The molecule has 3 rings (SSSR count). The maximum atomic E-state index is 13.4. The molecule has 1 aromatic heterocycles. The van der Waals surface area contributed by atoms with Crippen LogP contribution in [0.3, 0.4) is 0 Å². The van der Waals surface area contributed by atoms with Crippen LogP contribution in [0.1, 0.15) is 0 Å². The zero-order valence-corrected chi connectivity index (χ0v) is 10.8. The fourth-order valence-corrected chi connectivity index (χ4v) is 2.28. The number of aromatic nitrogens is 1. The number of anilines is 1. The largest absolute Gasteiger partial charge is 0.381 e. The summed E-state index contributed by atoms with van der Waals surface area (Å²) in [7, 11) is 0. The second-order valence-electron chi connectivity index (χ2n) is 4.62. The second kappa shape index (κ2) is 5.33. The predicted molar refractivity (Wildman–Crippen MR) is 76.8 cm³/mol. The molecule has 0 amide bonds. The lowest BCUT2D eigenvalue weighted by Gasteiger charge is -2.09. The van der Waals surface area contributed by atoms with E-state index in [4.69, 9.17) is 0 Å². The van der Waals surface area contributed by atoms with Gasteiger partial charge >= 0.3 is 0 Å². The molecule has 4 heteroatoms. The Morgan fingerprint density at radius 2 is 1.85 bits per heavy atom. The van der Waals surface area contributed by atoms with Gasteiger partial charge in [-0.3, -0.25) is 0 Å². The summed E-state index contributed by atoms with van der Waals surface area (Å²) in [6.45, 7) is 1.28. The average molecular weight is 272 g/mol. The van der Waals surface area contributed by atoms with E-state index in [2.05, 4.69) is 5.32 Å². The highest BCUT2D eigenvalue weighted by Gasteiger charge is 2.03. The molecular formula is C16H14F2N2. The Morgan fingerprint density at radius 1 is 1.00 bits per heavy atom. The highest BCUT2D eigenvalue weighted by Crippen LogP contribution is 2.17. The number of para-hydroxylation sites is 1. The number of rotatable bonds is 4. The van der Waals surface area contributed by atoms with Gasteiger partial charge in [0.2, 0.25) is 0 Å². The van der Waals surface area contributed by atoms with E-state index >= 15 is 0 Å². The van der Waals surface area contributed by atoms with Gasteiger partial charge < -0.3 is 9.88 Å². The van der Waals surface area contributed by atoms with E-state index in [1.165, 1.54) is 18.2 Å². The lowest BCUT2D eigenvalue weighted by Crippen LogP contribution is -2.10. The van der Waals surface area contributed by atoms with Crippen molar-refractivity contribution in [3.63, 3.8) is 0 Å². The number of hydrogen-bond donors (Lipinski definition) is 1. The molecule has 0 atom stereocenters. The van der Waals surface area contributed by atoms with Crippen LogP contribution in [0.4, 0.5) is 14.5 Å². The van der Waals surface area contributed by atoms with Crippen molar-refractivity contribution in [3.8, 4) is 0 Å². The average Bonchev–Trinajstić information content (AvgIpc) is 2.83. The zero-order valence-electron chi connectivity index (χ0n) is 10.8. The highest BCUT2D eigenvalue weighted by atomic mass is 19.1. The molecule has 0 fully saturated rings. The predicted octanol–water partition coefficient (Wildman–Crippen LogP) is 4.03. The van der Waals surface area contributed by atoms with Crippen molar-refractivity contribution in [3.05, 3.63) is 66.4 Å². The van der Waals surface area contributed by atoms with Crippen LogP contribution < -0.4 is 5.32 Å². The van der Waals surface area contributed by atoms with Crippen molar-refractivity contribution in [2.24, 2.45) is 0 Å². The summed E-state index contributed by atoms with van der Waals surface area (Å²) >= 11 is 0. The van der Waals surface area contributed by atoms with Gasteiger partial charge in [-0.2, -0.15) is 0 Å². The first-order valence-electron chi connectivity index (χ1n) is 6.47. The molecule has 0 aliphatic heterocycles. The van der Waals surface area contributed by atoms with E-state index in [9.17, 15) is 8.78 Å². The molecule has 2 nitrogen and oxygen atoms in total. The number of halogens is 2. The van der Waals surface area contributed by atoms with E-state index in [1.54, 1.807) is 24.3 Å². The number of hydrogen-bond acceptors (Lipinski definition) is 1. The van der Waals surface area contributed by atoms with Gasteiger partial charge in [0.05, 0.1) is 5.69 Å². The minimum absolute atomic E-state index is 0.236. The Labute approximate surface area is 115 Å². The Morgan fingerprint density at radius 3 is 2.70 bits per heavy atom. The molecule has 0 saturated carbocycles. The first kappa shape index (κ1) is 12.7. The first-order valence-corrected chi connectivity index (χ1v) is 6.47. The fourth-order valence-electron chi connectivity index (χ4n) is 2.28. The lowest BCUT2D eigenvalue weighted by atomic mass is 10.2. The van der Waals surface area contributed by atoms with Gasteiger partial charge in [0, 0.05) is 30.2 Å². The van der Waals surface area contributed by atoms with E-state index < -0.39 is 0 Å². The third kappa shape index (κ3) is 2.50. The van der Waals surface area contributed by atoms with Gasteiger partial charge in [-0.25, -0.2) is 8.78 Å². The van der Waals surface area contributed by atoms with E-state index in [0.29, 0.717) is 18.8 Å². The minimum atomic E-state index is -0.257. The van der Waals surface area contributed by atoms with Crippen molar-refractivity contribution in [2.45, 2.75) is 6.54 Å². The van der Waals surface area contributed by atoms with Gasteiger partial charge in [-0.15, -0.1) is 0 Å². The molecule has 3 aromatic rings. The number of nitrogens with one attached hydrogen (secondary N) is 1. The quantitative estimate of drug-likeness (QED) is 0.758. The van der Waals surface area contributed by atoms with Gasteiger partial charge in [0.1, 0.15) is 11.6 Å². The maximum Gasteiger partial charge on any atom is 0.146 e. The van der Waals surface area contributed by atoms with Gasteiger partial charge in [0.25, 0.3) is 0 Å². The van der Waals surface area contributed by atoms with Crippen molar-refractivity contribution in [1.82, 2.24) is 4.57 Å². The molecule has 1 N–H and O–H groups in total. The molecular weight excluding hydrogens is 258 g/mol. The third-order valence-electron chi connectivity index (χ3n) is 3.28. The zero-order chi connectivity index (χ0) is 13.9. The van der Waals surface area contributed by atoms with E-state index in [1.807, 2.05) is 16.8 Å². The molecule has 0 radical (unpaired) electrons. The third-order valence-corrected chi connectivity index (χ3v) is 3.28. The molecule has 0 bridgehead atoms. The van der Waals surface area contributed by atoms with Crippen LogP contribution >= 0.6 is 0 Å². The number of fused-ring (bicyclic) bond motifs is 1. The number of nitrogens with zero attached hydrogens (tertiary/aromatic N) is 1. The number of benzene rings is 2. The summed E-state index contributed by atoms with van der Waals surface area (Å²) in [5.41, 5.74) is 1.47. The monoisotopic (exact) mass is 272 g/mol. The smallest absolute Gasteiger partial charge is 0.146 e. The van der Waals surface area contributed by atoms with Crippen molar-refractivity contribution in [1.29, 1.82) is 0 Å². The molecule has 0 aliphatic rings. The van der Waals surface area contributed by atoms with Crippen LogP contribution in [0.5, 0.6) is 0 Å². The molecule has 0 spiro atoms. The van der Waals surface area contributed by atoms with Gasteiger partial charge in [-0.05, 0) is 36.4 Å². The second-order valence-corrected chi connectivity index (χ2v) is 4.62. The molecule has 0 unspecified atom stereocenters. The molecule has 0 saturated heterocycles. The summed E-state index contributed by atoms with van der Waals surface area (Å²) < 4.78 is 28.6. The van der Waals surface area contributed by atoms with E-state index in [0.717, 1.165) is 10.9 Å². The molecule has 1 heterocycles. The summed E-state index contributed by atoms with van der Waals surface area (Å²) in [5, 5.41) is 3.93.